The zero-order chi connectivity index (χ0) is 14.3. The summed E-state index contributed by atoms with van der Waals surface area (Å²) in [6.45, 7) is 4.75. The summed E-state index contributed by atoms with van der Waals surface area (Å²) >= 11 is 0. The molecule has 0 saturated heterocycles. The summed E-state index contributed by atoms with van der Waals surface area (Å²) in [6.07, 6.45) is 4.73. The predicted molar refractivity (Wildman–Crippen MR) is 69.8 cm³/mol. The molecule has 0 saturated carbocycles. The van der Waals surface area contributed by atoms with Crippen molar-refractivity contribution in [3.05, 3.63) is 18.0 Å². The number of hydrogen-bond donors (Lipinski definition) is 3. The van der Waals surface area contributed by atoms with E-state index in [1.807, 2.05) is 20.0 Å². The SMILES string of the molecule is CCCC(NC(=O)NCCn1cc(C)cn1)C(=O)O. The van der Waals surface area contributed by atoms with Gasteiger partial charge in [0.05, 0.1) is 12.7 Å². The number of aryl methyl sites for hydroxylation is 1. The van der Waals surface area contributed by atoms with E-state index in [1.165, 1.54) is 0 Å². The van der Waals surface area contributed by atoms with Crippen LogP contribution in [0.1, 0.15) is 25.3 Å². The number of rotatable bonds is 7. The lowest BCUT2D eigenvalue weighted by Gasteiger charge is -2.14. The standard InChI is InChI=1S/C12H20N4O3/c1-3-4-10(11(17)18)15-12(19)13-5-6-16-8-9(2)7-14-16/h7-8,10H,3-6H2,1-2H3,(H,17,18)(H2,13,15,19). The first kappa shape index (κ1) is 15.0. The highest BCUT2D eigenvalue weighted by Gasteiger charge is 2.18. The van der Waals surface area contributed by atoms with Crippen molar-refractivity contribution in [3.63, 3.8) is 0 Å². The number of carbonyl (C=O) groups is 2. The van der Waals surface area contributed by atoms with Gasteiger partial charge in [0.25, 0.3) is 0 Å². The molecular weight excluding hydrogens is 248 g/mol. The number of carbonyl (C=O) groups excluding carboxylic acids is 1. The van der Waals surface area contributed by atoms with Gasteiger partial charge in [-0.15, -0.1) is 0 Å². The fourth-order valence-corrected chi connectivity index (χ4v) is 1.63. The number of aliphatic carboxylic acids is 1. The summed E-state index contributed by atoms with van der Waals surface area (Å²) in [4.78, 5) is 22.4. The smallest absolute Gasteiger partial charge is 0.326 e. The van der Waals surface area contributed by atoms with Crippen LogP contribution in [0.4, 0.5) is 4.79 Å². The molecule has 1 heterocycles. The van der Waals surface area contributed by atoms with Gasteiger partial charge in [0.2, 0.25) is 0 Å². The van der Waals surface area contributed by atoms with Gasteiger partial charge in [-0.1, -0.05) is 13.3 Å². The van der Waals surface area contributed by atoms with Crippen LogP contribution in [-0.2, 0) is 11.3 Å². The Morgan fingerprint density at radius 1 is 1.53 bits per heavy atom. The van der Waals surface area contributed by atoms with Crippen LogP contribution in [-0.4, -0.2) is 39.5 Å². The average molecular weight is 268 g/mol. The Labute approximate surface area is 112 Å². The molecule has 0 aliphatic heterocycles. The lowest BCUT2D eigenvalue weighted by atomic mass is 10.2. The van der Waals surface area contributed by atoms with Crippen LogP contribution in [0.5, 0.6) is 0 Å². The van der Waals surface area contributed by atoms with E-state index in [-0.39, 0.29) is 0 Å². The fourth-order valence-electron chi connectivity index (χ4n) is 1.63. The monoisotopic (exact) mass is 268 g/mol. The van der Waals surface area contributed by atoms with Gasteiger partial charge in [0.1, 0.15) is 6.04 Å². The molecule has 3 N–H and O–H groups in total. The molecule has 1 unspecified atom stereocenters. The second kappa shape index (κ2) is 7.40. The summed E-state index contributed by atoms with van der Waals surface area (Å²) in [5, 5.41) is 18.0. The third-order valence-electron chi connectivity index (χ3n) is 2.57. The minimum Gasteiger partial charge on any atom is -0.480 e. The second-order valence-corrected chi connectivity index (χ2v) is 4.36. The fraction of sp³-hybridized carbons (Fsp3) is 0.583. The number of amides is 2. The van der Waals surface area contributed by atoms with Crippen LogP contribution in [0.25, 0.3) is 0 Å². The molecule has 0 aromatic carbocycles. The lowest BCUT2D eigenvalue weighted by molar-refractivity contribution is -0.139. The Bertz CT molecular complexity index is 430. The minimum atomic E-state index is -1.01. The highest BCUT2D eigenvalue weighted by Crippen LogP contribution is 1.96. The summed E-state index contributed by atoms with van der Waals surface area (Å²) in [5.41, 5.74) is 1.05. The molecule has 106 valence electrons. The summed E-state index contributed by atoms with van der Waals surface area (Å²) in [6, 6.07) is -1.30. The number of urea groups is 1. The highest BCUT2D eigenvalue weighted by atomic mass is 16.4. The first-order chi connectivity index (χ1) is 9.02. The predicted octanol–water partition coefficient (Wildman–Crippen LogP) is 0.744. The van der Waals surface area contributed by atoms with E-state index < -0.39 is 18.0 Å². The van der Waals surface area contributed by atoms with E-state index in [2.05, 4.69) is 15.7 Å². The van der Waals surface area contributed by atoms with E-state index in [1.54, 1.807) is 10.9 Å². The van der Waals surface area contributed by atoms with Crippen molar-refractivity contribution in [1.29, 1.82) is 0 Å². The molecular formula is C12H20N4O3. The van der Waals surface area contributed by atoms with E-state index >= 15 is 0 Å². The molecule has 1 rings (SSSR count). The van der Waals surface area contributed by atoms with Gasteiger partial charge in [-0.25, -0.2) is 9.59 Å². The first-order valence-corrected chi connectivity index (χ1v) is 6.29. The molecule has 1 aromatic heterocycles. The molecule has 1 atom stereocenters. The van der Waals surface area contributed by atoms with Crippen molar-refractivity contribution in [2.75, 3.05) is 6.54 Å². The average Bonchev–Trinajstić information content (AvgIpc) is 2.74. The quantitative estimate of drug-likeness (QED) is 0.679. The van der Waals surface area contributed by atoms with Crippen LogP contribution in [0.15, 0.2) is 12.4 Å². The molecule has 2 amide bonds. The van der Waals surface area contributed by atoms with Gasteiger partial charge in [-0.3, -0.25) is 4.68 Å². The first-order valence-electron chi connectivity index (χ1n) is 6.29. The molecule has 0 radical (unpaired) electrons. The topological polar surface area (TPSA) is 96.3 Å². The van der Waals surface area contributed by atoms with Crippen LogP contribution in [0.2, 0.25) is 0 Å². The van der Waals surface area contributed by atoms with Crippen LogP contribution in [0, 0.1) is 6.92 Å². The molecule has 0 spiro atoms. The lowest BCUT2D eigenvalue weighted by Crippen LogP contribution is -2.46. The maximum absolute atomic E-state index is 11.5. The van der Waals surface area contributed by atoms with Crippen molar-refractivity contribution in [2.45, 2.75) is 39.3 Å². The number of aromatic nitrogens is 2. The van der Waals surface area contributed by atoms with Crippen molar-refractivity contribution < 1.29 is 14.7 Å². The molecule has 7 heteroatoms. The zero-order valence-electron chi connectivity index (χ0n) is 11.2. The molecule has 0 bridgehead atoms. The molecule has 1 aromatic rings. The maximum Gasteiger partial charge on any atom is 0.326 e. The van der Waals surface area contributed by atoms with Gasteiger partial charge in [0, 0.05) is 12.7 Å². The largest absolute Gasteiger partial charge is 0.480 e. The van der Waals surface area contributed by atoms with Crippen LogP contribution in [0.3, 0.4) is 0 Å². The van der Waals surface area contributed by atoms with Crippen molar-refractivity contribution in [2.24, 2.45) is 0 Å². The Morgan fingerprint density at radius 3 is 2.79 bits per heavy atom. The zero-order valence-corrected chi connectivity index (χ0v) is 11.2. The van der Waals surface area contributed by atoms with E-state index in [0.29, 0.717) is 25.9 Å². The maximum atomic E-state index is 11.5. The third kappa shape index (κ3) is 5.41. The van der Waals surface area contributed by atoms with Crippen LogP contribution < -0.4 is 10.6 Å². The Morgan fingerprint density at radius 2 is 2.26 bits per heavy atom. The Hall–Kier alpha value is -2.05. The Balaban J connectivity index is 2.28. The number of carboxylic acids is 1. The van der Waals surface area contributed by atoms with Gasteiger partial charge in [0.15, 0.2) is 0 Å². The van der Waals surface area contributed by atoms with Crippen molar-refractivity contribution >= 4 is 12.0 Å². The minimum absolute atomic E-state index is 0.394. The summed E-state index contributed by atoms with van der Waals surface area (Å²) < 4.78 is 1.72. The van der Waals surface area contributed by atoms with E-state index in [9.17, 15) is 9.59 Å². The summed E-state index contributed by atoms with van der Waals surface area (Å²) in [5.74, 6) is -1.01. The van der Waals surface area contributed by atoms with Crippen LogP contribution >= 0.6 is 0 Å². The number of carboxylic acid groups (broad SMARTS) is 1. The summed E-state index contributed by atoms with van der Waals surface area (Å²) in [7, 11) is 0. The normalized spacial score (nSPS) is 11.9. The number of nitrogens with one attached hydrogen (secondary N) is 2. The number of nitrogens with zero attached hydrogens (tertiary/aromatic N) is 2. The molecule has 19 heavy (non-hydrogen) atoms. The second-order valence-electron chi connectivity index (χ2n) is 4.36. The van der Waals surface area contributed by atoms with Gasteiger partial charge >= 0.3 is 12.0 Å². The molecule has 0 aliphatic carbocycles. The highest BCUT2D eigenvalue weighted by molar-refractivity contribution is 5.82. The van der Waals surface area contributed by atoms with Gasteiger partial charge in [-0.2, -0.15) is 5.10 Å². The molecule has 0 fully saturated rings. The number of hydrogen-bond acceptors (Lipinski definition) is 3. The third-order valence-corrected chi connectivity index (χ3v) is 2.57. The molecule has 0 aliphatic rings. The van der Waals surface area contributed by atoms with Crippen molar-refractivity contribution in [3.8, 4) is 0 Å². The van der Waals surface area contributed by atoms with E-state index in [0.717, 1.165) is 5.56 Å². The Kier molecular flexibility index (Phi) is 5.84. The van der Waals surface area contributed by atoms with Gasteiger partial charge in [-0.05, 0) is 18.9 Å². The van der Waals surface area contributed by atoms with Gasteiger partial charge < -0.3 is 15.7 Å². The molecule has 7 nitrogen and oxygen atoms in total. The van der Waals surface area contributed by atoms with Crippen molar-refractivity contribution in [1.82, 2.24) is 20.4 Å². The van der Waals surface area contributed by atoms with E-state index in [4.69, 9.17) is 5.11 Å².